The molecule has 2 heterocycles. The van der Waals surface area contributed by atoms with E-state index in [1.54, 1.807) is 25.3 Å². The Hall–Kier alpha value is -3.22. The topological polar surface area (TPSA) is 88.1 Å². The van der Waals surface area contributed by atoms with Crippen molar-refractivity contribution in [1.29, 1.82) is 0 Å². The van der Waals surface area contributed by atoms with Gasteiger partial charge in [-0.2, -0.15) is 0 Å². The Morgan fingerprint density at radius 2 is 2.15 bits per heavy atom. The maximum atomic E-state index is 12.8. The maximum absolute atomic E-state index is 12.8. The number of ether oxygens (including phenoxy) is 2. The summed E-state index contributed by atoms with van der Waals surface area (Å²) in [7, 11) is 1.58. The number of urea groups is 1. The van der Waals surface area contributed by atoms with Crippen LogP contribution < -0.4 is 19.7 Å². The van der Waals surface area contributed by atoms with Crippen molar-refractivity contribution in [3.63, 3.8) is 0 Å². The number of aromatic carboxylic acids is 1. The SMILES string of the molecule is COc1ccc2c(c1)OC1(C)CC2NC(=O)N1c1cccc(C(=O)O)c1. The Balaban J connectivity index is 1.78. The van der Waals surface area contributed by atoms with Crippen LogP contribution in [-0.2, 0) is 0 Å². The highest BCUT2D eigenvalue weighted by Crippen LogP contribution is 2.46. The zero-order chi connectivity index (χ0) is 18.5. The monoisotopic (exact) mass is 354 g/mol. The lowest BCUT2D eigenvalue weighted by molar-refractivity contribution is 0.0375. The highest BCUT2D eigenvalue weighted by Gasteiger charge is 2.50. The number of nitrogens with one attached hydrogen (secondary N) is 1. The molecule has 7 nitrogen and oxygen atoms in total. The predicted molar refractivity (Wildman–Crippen MR) is 93.8 cm³/mol. The van der Waals surface area contributed by atoms with E-state index in [1.807, 2.05) is 19.1 Å². The predicted octanol–water partition coefficient (Wildman–Crippen LogP) is 3.16. The van der Waals surface area contributed by atoms with Gasteiger partial charge in [-0.05, 0) is 37.3 Å². The number of nitrogens with zero attached hydrogens (tertiary/aromatic N) is 1. The van der Waals surface area contributed by atoms with E-state index in [0.29, 0.717) is 23.6 Å². The number of carbonyl (C=O) groups excluding carboxylic acids is 1. The number of fused-ring (bicyclic) bond motifs is 4. The van der Waals surface area contributed by atoms with Crippen LogP contribution in [0.5, 0.6) is 11.5 Å². The minimum Gasteiger partial charge on any atom is -0.497 e. The van der Waals surface area contributed by atoms with Gasteiger partial charge in [0.1, 0.15) is 11.5 Å². The maximum Gasteiger partial charge on any atom is 0.335 e. The van der Waals surface area contributed by atoms with Gasteiger partial charge in [-0.3, -0.25) is 4.90 Å². The first-order valence-electron chi connectivity index (χ1n) is 8.22. The molecule has 0 aliphatic carbocycles. The van der Waals surface area contributed by atoms with Gasteiger partial charge in [-0.15, -0.1) is 0 Å². The normalized spacial score (nSPS) is 23.5. The van der Waals surface area contributed by atoms with E-state index < -0.39 is 11.7 Å². The lowest BCUT2D eigenvalue weighted by Gasteiger charge is -2.50. The molecule has 0 aromatic heterocycles. The molecule has 2 aromatic carbocycles. The molecule has 2 aliphatic heterocycles. The minimum atomic E-state index is -1.05. The summed E-state index contributed by atoms with van der Waals surface area (Å²) in [6, 6.07) is 11.3. The number of methoxy groups -OCH3 is 1. The van der Waals surface area contributed by atoms with Crippen molar-refractivity contribution >= 4 is 17.7 Å². The third-order valence-corrected chi connectivity index (χ3v) is 4.83. The summed E-state index contributed by atoms with van der Waals surface area (Å²) in [6.45, 7) is 1.83. The zero-order valence-electron chi connectivity index (χ0n) is 14.4. The molecule has 2 unspecified atom stereocenters. The molecule has 0 saturated carbocycles. The second-order valence-corrected chi connectivity index (χ2v) is 6.58. The van der Waals surface area contributed by atoms with E-state index in [2.05, 4.69) is 5.32 Å². The van der Waals surface area contributed by atoms with Crippen molar-refractivity contribution in [1.82, 2.24) is 5.32 Å². The van der Waals surface area contributed by atoms with Gasteiger partial charge in [0.15, 0.2) is 5.72 Å². The van der Waals surface area contributed by atoms with Gasteiger partial charge in [0, 0.05) is 18.1 Å². The summed E-state index contributed by atoms with van der Waals surface area (Å²) in [5.74, 6) is 0.257. The number of hydrogen-bond acceptors (Lipinski definition) is 4. The van der Waals surface area contributed by atoms with Crippen molar-refractivity contribution < 1.29 is 24.2 Å². The summed E-state index contributed by atoms with van der Waals surface area (Å²) in [6.07, 6.45) is 0.537. The Morgan fingerprint density at radius 3 is 2.88 bits per heavy atom. The van der Waals surface area contributed by atoms with Crippen LogP contribution in [-0.4, -0.2) is 29.9 Å². The molecule has 1 fully saturated rings. The van der Waals surface area contributed by atoms with E-state index in [9.17, 15) is 14.7 Å². The smallest absolute Gasteiger partial charge is 0.335 e. The molecule has 2 N–H and O–H groups in total. The highest BCUT2D eigenvalue weighted by molar-refractivity contribution is 5.97. The van der Waals surface area contributed by atoms with Gasteiger partial charge in [-0.25, -0.2) is 9.59 Å². The molecule has 0 spiro atoms. The van der Waals surface area contributed by atoms with Gasteiger partial charge in [0.25, 0.3) is 0 Å². The quantitative estimate of drug-likeness (QED) is 0.884. The fourth-order valence-electron chi connectivity index (χ4n) is 3.65. The second kappa shape index (κ2) is 5.66. The molecule has 1 saturated heterocycles. The van der Waals surface area contributed by atoms with E-state index in [1.165, 1.54) is 17.0 Å². The second-order valence-electron chi connectivity index (χ2n) is 6.58. The summed E-state index contributed by atoms with van der Waals surface area (Å²) in [4.78, 5) is 25.5. The Bertz CT molecular complexity index is 913. The fraction of sp³-hybridized carbons (Fsp3) is 0.263. The molecule has 2 atom stereocenters. The van der Waals surface area contributed by atoms with Gasteiger partial charge in [0.05, 0.1) is 24.4 Å². The Morgan fingerprint density at radius 1 is 1.35 bits per heavy atom. The standard InChI is InChI=1S/C19H18N2O5/c1-19-10-15(14-7-6-13(25-2)9-16(14)26-19)20-18(24)21(19)12-5-3-4-11(8-12)17(22)23/h3-9,15H,10H2,1-2H3,(H,20,24)(H,22,23). The number of benzene rings is 2. The van der Waals surface area contributed by atoms with Crippen LogP contribution in [0, 0.1) is 0 Å². The van der Waals surface area contributed by atoms with Gasteiger partial charge in [-0.1, -0.05) is 6.07 Å². The molecule has 2 amide bonds. The van der Waals surface area contributed by atoms with Crippen LogP contribution in [0.3, 0.4) is 0 Å². The van der Waals surface area contributed by atoms with E-state index in [-0.39, 0.29) is 17.6 Å². The van der Waals surface area contributed by atoms with Crippen LogP contribution in [0.4, 0.5) is 10.5 Å². The van der Waals surface area contributed by atoms with E-state index in [0.717, 1.165) is 5.56 Å². The van der Waals surface area contributed by atoms with Crippen LogP contribution in [0.15, 0.2) is 42.5 Å². The van der Waals surface area contributed by atoms with Crippen LogP contribution >= 0.6 is 0 Å². The van der Waals surface area contributed by atoms with Crippen molar-refractivity contribution in [3.8, 4) is 11.5 Å². The van der Waals surface area contributed by atoms with Gasteiger partial charge < -0.3 is 19.9 Å². The first-order valence-corrected chi connectivity index (χ1v) is 8.22. The van der Waals surface area contributed by atoms with Crippen molar-refractivity contribution in [2.45, 2.75) is 25.1 Å². The summed E-state index contributed by atoms with van der Waals surface area (Å²) in [5.41, 5.74) is 0.535. The van der Waals surface area contributed by atoms with Crippen LogP contribution in [0.25, 0.3) is 0 Å². The van der Waals surface area contributed by atoms with Crippen molar-refractivity contribution in [3.05, 3.63) is 53.6 Å². The Labute approximate surface area is 150 Å². The number of amides is 2. The average molecular weight is 354 g/mol. The molecule has 2 aromatic rings. The Kier molecular flexibility index (Phi) is 3.54. The highest BCUT2D eigenvalue weighted by atomic mass is 16.5. The molecular weight excluding hydrogens is 336 g/mol. The summed E-state index contributed by atoms with van der Waals surface area (Å²) < 4.78 is 11.5. The third kappa shape index (κ3) is 2.44. The molecule has 2 aliphatic rings. The molecule has 0 radical (unpaired) electrons. The summed E-state index contributed by atoms with van der Waals surface area (Å²) in [5, 5.41) is 12.2. The lowest BCUT2D eigenvalue weighted by atomic mass is 9.90. The van der Waals surface area contributed by atoms with Crippen molar-refractivity contribution in [2.75, 3.05) is 12.0 Å². The number of rotatable bonds is 3. The van der Waals surface area contributed by atoms with Crippen LogP contribution in [0.2, 0.25) is 0 Å². The average Bonchev–Trinajstić information content (AvgIpc) is 2.60. The molecule has 4 rings (SSSR count). The molecule has 26 heavy (non-hydrogen) atoms. The van der Waals surface area contributed by atoms with E-state index >= 15 is 0 Å². The third-order valence-electron chi connectivity index (χ3n) is 4.83. The summed E-state index contributed by atoms with van der Waals surface area (Å²) >= 11 is 0. The minimum absolute atomic E-state index is 0.110. The fourth-order valence-corrected chi connectivity index (χ4v) is 3.65. The zero-order valence-corrected chi connectivity index (χ0v) is 14.4. The number of carboxylic acids is 1. The van der Waals surface area contributed by atoms with Crippen molar-refractivity contribution in [2.24, 2.45) is 0 Å². The first kappa shape index (κ1) is 16.3. The van der Waals surface area contributed by atoms with Crippen LogP contribution in [0.1, 0.15) is 35.3 Å². The molecular formula is C19H18N2O5. The number of carbonyl (C=O) groups is 2. The first-order chi connectivity index (χ1) is 12.4. The van der Waals surface area contributed by atoms with Gasteiger partial charge in [0.2, 0.25) is 0 Å². The number of anilines is 1. The molecule has 7 heteroatoms. The molecule has 2 bridgehead atoms. The van der Waals surface area contributed by atoms with E-state index in [4.69, 9.17) is 9.47 Å². The molecule has 134 valence electrons. The number of carboxylic acid groups (broad SMARTS) is 1. The van der Waals surface area contributed by atoms with Gasteiger partial charge >= 0.3 is 12.0 Å². The largest absolute Gasteiger partial charge is 0.497 e. The lowest BCUT2D eigenvalue weighted by Crippen LogP contribution is -2.65. The number of hydrogen-bond donors (Lipinski definition) is 2.